The summed E-state index contributed by atoms with van der Waals surface area (Å²) in [5.41, 5.74) is 3.17. The predicted octanol–water partition coefficient (Wildman–Crippen LogP) is 5.61. The second-order valence-corrected chi connectivity index (χ2v) is 11.3. The number of amides is 2. The summed E-state index contributed by atoms with van der Waals surface area (Å²) in [6.45, 7) is 0.906. The Kier molecular flexibility index (Phi) is 7.66. The quantitative estimate of drug-likeness (QED) is 0.305. The van der Waals surface area contributed by atoms with Crippen LogP contribution in [-0.2, 0) is 15.1 Å². The van der Waals surface area contributed by atoms with E-state index in [0.29, 0.717) is 34.9 Å². The summed E-state index contributed by atoms with van der Waals surface area (Å²) in [7, 11) is 0. The van der Waals surface area contributed by atoms with Crippen LogP contribution in [0.1, 0.15) is 40.3 Å². The third-order valence-corrected chi connectivity index (χ3v) is 8.64. The predicted molar refractivity (Wildman–Crippen MR) is 154 cm³/mol. The smallest absolute Gasteiger partial charge is 0.265 e. The van der Waals surface area contributed by atoms with E-state index in [1.54, 1.807) is 12.1 Å². The van der Waals surface area contributed by atoms with Crippen molar-refractivity contribution in [2.45, 2.75) is 24.3 Å². The molecule has 0 aliphatic carbocycles. The molecule has 0 bridgehead atoms. The van der Waals surface area contributed by atoms with Crippen LogP contribution in [-0.4, -0.2) is 47.2 Å². The number of thiophene rings is 1. The molecule has 0 saturated carbocycles. The van der Waals surface area contributed by atoms with Gasteiger partial charge in [-0.05, 0) is 83.3 Å². The Morgan fingerprint density at radius 1 is 0.857 bits per heavy atom. The first-order chi connectivity index (χ1) is 20.3. The number of carbonyl (C=O) groups excluding carboxylic acids is 2. The molecule has 214 valence electrons. The summed E-state index contributed by atoms with van der Waals surface area (Å²) in [6.07, 6.45) is 1.57. The molecule has 6 nitrogen and oxygen atoms in total. The number of hydrazine groups is 1. The molecule has 2 aliphatic rings. The third kappa shape index (κ3) is 5.35. The Hall–Kier alpha value is -4.28. The Morgan fingerprint density at radius 2 is 1.40 bits per heavy atom. The molecule has 0 spiro atoms. The van der Waals surface area contributed by atoms with Crippen LogP contribution in [0.25, 0.3) is 0 Å². The number of benzene rings is 3. The topological polar surface area (TPSA) is 65.0 Å². The number of amidine groups is 1. The molecule has 42 heavy (non-hydrogen) atoms. The largest absolute Gasteiger partial charge is 0.287 e. The number of carbonyl (C=O) groups is 2. The first-order valence-corrected chi connectivity index (χ1v) is 14.5. The Balaban J connectivity index is 1.25. The van der Waals surface area contributed by atoms with Crippen LogP contribution in [0, 0.1) is 17.5 Å². The molecule has 3 heterocycles. The summed E-state index contributed by atoms with van der Waals surface area (Å²) in [5, 5.41) is 3.68. The average Bonchev–Trinajstić information content (AvgIpc) is 3.62. The highest BCUT2D eigenvalue weighted by molar-refractivity contribution is 7.12. The second-order valence-electron chi connectivity index (χ2n) is 10.4. The zero-order valence-corrected chi connectivity index (χ0v) is 23.3. The van der Waals surface area contributed by atoms with E-state index in [9.17, 15) is 22.8 Å². The van der Waals surface area contributed by atoms with Gasteiger partial charge in [-0.1, -0.05) is 42.5 Å². The maximum atomic E-state index is 14.4. The van der Waals surface area contributed by atoms with Crippen LogP contribution >= 0.6 is 11.3 Å². The van der Waals surface area contributed by atoms with Crippen molar-refractivity contribution in [1.82, 2.24) is 15.3 Å². The lowest BCUT2D eigenvalue weighted by molar-refractivity contribution is -0.136. The normalized spacial score (nSPS) is 17.4. The first kappa shape index (κ1) is 27.9. The Morgan fingerprint density at radius 3 is 1.93 bits per heavy atom. The van der Waals surface area contributed by atoms with E-state index >= 15 is 0 Å². The number of aliphatic imine (C=N–C) groups is 1. The highest BCUT2D eigenvalue weighted by atomic mass is 32.1. The summed E-state index contributed by atoms with van der Waals surface area (Å²) < 4.78 is 41.1. The molecule has 0 radical (unpaired) electrons. The number of nitrogens with zero attached hydrogens (tertiary/aromatic N) is 3. The first-order valence-electron chi connectivity index (χ1n) is 13.6. The summed E-state index contributed by atoms with van der Waals surface area (Å²) in [6, 6.07) is 21.1. The van der Waals surface area contributed by atoms with E-state index in [2.05, 4.69) is 5.43 Å². The van der Waals surface area contributed by atoms with Crippen molar-refractivity contribution < 1.29 is 22.8 Å². The molecule has 1 fully saturated rings. The van der Waals surface area contributed by atoms with Crippen molar-refractivity contribution in [3.8, 4) is 0 Å². The molecule has 0 atom stereocenters. The van der Waals surface area contributed by atoms with Crippen molar-refractivity contribution in [1.29, 1.82) is 0 Å². The van der Waals surface area contributed by atoms with Gasteiger partial charge < -0.3 is 0 Å². The van der Waals surface area contributed by atoms with E-state index < -0.39 is 23.1 Å². The number of hydrogen-bond donors (Lipinski definition) is 1. The van der Waals surface area contributed by atoms with Crippen LogP contribution in [0.2, 0.25) is 0 Å². The zero-order chi connectivity index (χ0) is 29.3. The van der Waals surface area contributed by atoms with Gasteiger partial charge in [-0.15, -0.1) is 11.3 Å². The Bertz CT molecular complexity index is 1550. The molecule has 2 amide bonds. The fourth-order valence-electron chi connectivity index (χ4n) is 5.64. The summed E-state index contributed by atoms with van der Waals surface area (Å²) in [5.74, 6) is -1.51. The zero-order valence-electron chi connectivity index (χ0n) is 22.5. The molecular formula is C32H27F3N4O2S. The van der Waals surface area contributed by atoms with E-state index in [1.165, 1.54) is 76.9 Å². The van der Waals surface area contributed by atoms with E-state index in [0.717, 1.165) is 18.4 Å². The van der Waals surface area contributed by atoms with Gasteiger partial charge in [0.25, 0.3) is 11.8 Å². The van der Waals surface area contributed by atoms with Crippen molar-refractivity contribution >= 4 is 29.0 Å². The van der Waals surface area contributed by atoms with Gasteiger partial charge in [0.05, 0.1) is 4.88 Å². The van der Waals surface area contributed by atoms with Crippen molar-refractivity contribution in [3.05, 3.63) is 129 Å². The number of nitrogens with one attached hydrogen (secondary N) is 1. The monoisotopic (exact) mass is 588 g/mol. The highest BCUT2D eigenvalue weighted by Crippen LogP contribution is 2.42. The van der Waals surface area contributed by atoms with Crippen LogP contribution in [0.15, 0.2) is 95.3 Å². The van der Waals surface area contributed by atoms with E-state index in [4.69, 9.17) is 4.99 Å². The minimum Gasteiger partial charge on any atom is -0.287 e. The molecule has 1 saturated heterocycles. The number of hydrogen-bond acceptors (Lipinski definition) is 5. The van der Waals surface area contributed by atoms with Gasteiger partial charge in [0, 0.05) is 13.1 Å². The van der Waals surface area contributed by atoms with Crippen molar-refractivity contribution in [2.24, 2.45) is 4.99 Å². The summed E-state index contributed by atoms with van der Waals surface area (Å²) in [4.78, 5) is 34.7. The number of halogens is 3. The van der Waals surface area contributed by atoms with Crippen LogP contribution in [0.5, 0.6) is 0 Å². The SMILES string of the molecule is O=C(CN1C(=O)C(c2ccc(F)cc2)(c2ccc(F)cc2)N=C1c1cccs1)NN1CCC(c2ccc(F)cc2)CC1. The molecule has 1 N–H and O–H groups in total. The van der Waals surface area contributed by atoms with Gasteiger partial charge in [-0.2, -0.15) is 0 Å². The molecule has 2 aliphatic heterocycles. The van der Waals surface area contributed by atoms with Gasteiger partial charge in [0.1, 0.15) is 29.8 Å². The van der Waals surface area contributed by atoms with Crippen LogP contribution < -0.4 is 5.43 Å². The minimum absolute atomic E-state index is 0.267. The van der Waals surface area contributed by atoms with Crippen LogP contribution in [0.3, 0.4) is 0 Å². The van der Waals surface area contributed by atoms with Gasteiger partial charge >= 0.3 is 0 Å². The number of rotatable bonds is 7. The number of piperidine rings is 1. The lowest BCUT2D eigenvalue weighted by Gasteiger charge is -2.33. The molecular weight excluding hydrogens is 561 g/mol. The van der Waals surface area contributed by atoms with E-state index in [1.807, 2.05) is 22.5 Å². The van der Waals surface area contributed by atoms with Crippen molar-refractivity contribution in [3.63, 3.8) is 0 Å². The maximum absolute atomic E-state index is 14.4. The second kappa shape index (κ2) is 11.5. The van der Waals surface area contributed by atoms with Gasteiger partial charge in [-0.3, -0.25) is 19.9 Å². The summed E-state index contributed by atoms with van der Waals surface area (Å²) >= 11 is 1.37. The highest BCUT2D eigenvalue weighted by Gasteiger charge is 2.52. The molecule has 4 aromatic rings. The molecule has 6 rings (SSSR count). The molecule has 0 unspecified atom stereocenters. The molecule has 3 aromatic carbocycles. The molecule has 1 aromatic heterocycles. The minimum atomic E-state index is -1.63. The Labute approximate surface area is 245 Å². The standard InChI is InChI=1S/C32H27F3N4O2S/c33-25-9-3-21(4-10-25)22-15-17-38(18-16-22)37-29(40)20-39-30(28-2-1-19-42-28)36-32(31(39)41,23-5-11-26(34)12-6-23)24-7-13-27(35)14-8-24/h1-14,19,22H,15-18,20H2,(H,37,40). The van der Waals surface area contributed by atoms with Gasteiger partial charge in [-0.25, -0.2) is 23.2 Å². The van der Waals surface area contributed by atoms with Gasteiger partial charge in [0.15, 0.2) is 5.54 Å². The third-order valence-electron chi connectivity index (χ3n) is 7.77. The van der Waals surface area contributed by atoms with Crippen LogP contribution in [0.4, 0.5) is 13.2 Å². The molecule has 10 heteroatoms. The fraction of sp³-hybridized carbons (Fsp3) is 0.219. The fourth-order valence-corrected chi connectivity index (χ4v) is 6.36. The van der Waals surface area contributed by atoms with E-state index in [-0.39, 0.29) is 24.2 Å². The lowest BCUT2D eigenvalue weighted by Crippen LogP contribution is -2.52. The lowest BCUT2D eigenvalue weighted by atomic mass is 9.83. The van der Waals surface area contributed by atoms with Crippen molar-refractivity contribution in [2.75, 3.05) is 19.6 Å². The average molecular weight is 589 g/mol. The van der Waals surface area contributed by atoms with Gasteiger partial charge in [0.2, 0.25) is 0 Å². The maximum Gasteiger partial charge on any atom is 0.265 e.